The Kier molecular flexibility index (Phi) is 7.16. The maximum atomic E-state index is 13.5. The molecule has 0 aliphatic carbocycles. The molecule has 0 bridgehead atoms. The van der Waals surface area contributed by atoms with Crippen molar-refractivity contribution in [3.05, 3.63) is 53.8 Å². The van der Waals surface area contributed by atoms with E-state index in [4.69, 9.17) is 0 Å². The van der Waals surface area contributed by atoms with Crippen molar-refractivity contribution in [1.29, 1.82) is 0 Å². The molecule has 0 fully saturated rings. The Bertz CT molecular complexity index is 808. The maximum absolute atomic E-state index is 13.5. The van der Waals surface area contributed by atoms with Crippen molar-refractivity contribution in [1.82, 2.24) is 5.32 Å². The lowest BCUT2D eigenvalue weighted by molar-refractivity contribution is -0.114. The molecule has 0 saturated heterocycles. The lowest BCUT2D eigenvalue weighted by atomic mass is 10.2. The number of benzene rings is 2. The van der Waals surface area contributed by atoms with Crippen LogP contribution in [0.25, 0.3) is 0 Å². The van der Waals surface area contributed by atoms with Gasteiger partial charge in [0.05, 0.1) is 17.9 Å². The first-order chi connectivity index (χ1) is 12.9. The zero-order chi connectivity index (χ0) is 19.8. The molecule has 0 spiro atoms. The van der Waals surface area contributed by atoms with E-state index in [9.17, 15) is 14.0 Å². The van der Waals surface area contributed by atoms with E-state index < -0.39 is 0 Å². The summed E-state index contributed by atoms with van der Waals surface area (Å²) in [5.74, 6) is -0.888. The van der Waals surface area contributed by atoms with Gasteiger partial charge >= 0.3 is 0 Å². The predicted octanol–water partition coefficient (Wildman–Crippen LogP) is 3.45. The highest BCUT2D eigenvalue weighted by molar-refractivity contribution is 5.98. The molecule has 0 aromatic heterocycles. The molecule has 0 unspecified atom stereocenters. The van der Waals surface area contributed by atoms with Crippen LogP contribution in [0.1, 0.15) is 31.1 Å². The van der Waals surface area contributed by atoms with Gasteiger partial charge in [-0.25, -0.2) is 4.39 Å². The number of rotatable bonds is 8. The van der Waals surface area contributed by atoms with Gasteiger partial charge < -0.3 is 21.3 Å². The van der Waals surface area contributed by atoms with E-state index in [0.29, 0.717) is 23.5 Å². The fourth-order valence-electron chi connectivity index (χ4n) is 2.48. The Hall–Kier alpha value is -3.09. The van der Waals surface area contributed by atoms with Gasteiger partial charge in [-0.2, -0.15) is 0 Å². The number of hydrogen-bond donors (Lipinski definition) is 4. The molecule has 2 rings (SSSR count). The number of amides is 2. The molecule has 2 aromatic carbocycles. The van der Waals surface area contributed by atoms with E-state index in [2.05, 4.69) is 21.3 Å². The highest BCUT2D eigenvalue weighted by Crippen LogP contribution is 2.23. The summed E-state index contributed by atoms with van der Waals surface area (Å²) in [5.41, 5.74) is 2.22. The van der Waals surface area contributed by atoms with E-state index in [0.717, 1.165) is 5.69 Å². The van der Waals surface area contributed by atoms with Crippen molar-refractivity contribution in [2.45, 2.75) is 26.8 Å². The first-order valence-corrected chi connectivity index (χ1v) is 8.87. The Morgan fingerprint density at radius 3 is 2.56 bits per heavy atom. The van der Waals surface area contributed by atoms with Crippen molar-refractivity contribution in [3.63, 3.8) is 0 Å². The van der Waals surface area contributed by atoms with Crippen LogP contribution in [0, 0.1) is 5.82 Å². The summed E-state index contributed by atoms with van der Waals surface area (Å²) in [6.07, 6.45) is 0. The molecule has 0 aliphatic heterocycles. The van der Waals surface area contributed by atoms with Crippen LogP contribution >= 0.6 is 0 Å². The zero-order valence-corrected chi connectivity index (χ0v) is 15.7. The fourth-order valence-corrected chi connectivity index (χ4v) is 2.48. The van der Waals surface area contributed by atoms with E-state index in [1.807, 2.05) is 20.8 Å². The van der Waals surface area contributed by atoms with Gasteiger partial charge in [0, 0.05) is 23.8 Å². The van der Waals surface area contributed by atoms with Crippen LogP contribution in [0.5, 0.6) is 0 Å². The second kappa shape index (κ2) is 9.56. The van der Waals surface area contributed by atoms with E-state index in [-0.39, 0.29) is 30.2 Å². The van der Waals surface area contributed by atoms with Crippen molar-refractivity contribution in [2.75, 3.05) is 29.0 Å². The van der Waals surface area contributed by atoms with E-state index in [1.54, 1.807) is 30.3 Å². The van der Waals surface area contributed by atoms with Crippen molar-refractivity contribution < 1.29 is 14.0 Å². The van der Waals surface area contributed by atoms with Crippen LogP contribution in [0.4, 0.5) is 21.5 Å². The molecule has 0 saturated carbocycles. The molecular weight excluding hydrogens is 347 g/mol. The second-order valence-corrected chi connectivity index (χ2v) is 6.33. The standard InChI is InChI=1S/C20H25FN4O2/c1-4-22-20(27)14-6-5-7-16(10-14)25-19(26)12-23-18-11-15(21)8-9-17(18)24-13(2)3/h5-11,13,23-24H,4,12H2,1-3H3,(H,22,27)(H,25,26). The molecule has 27 heavy (non-hydrogen) atoms. The van der Waals surface area contributed by atoms with Gasteiger partial charge in [0.1, 0.15) is 5.82 Å². The molecule has 0 heterocycles. The summed E-state index contributed by atoms with van der Waals surface area (Å²) >= 11 is 0. The van der Waals surface area contributed by atoms with Gasteiger partial charge in [-0.15, -0.1) is 0 Å². The number of carbonyl (C=O) groups is 2. The number of halogens is 1. The molecule has 0 aliphatic rings. The third-order valence-corrected chi connectivity index (χ3v) is 3.61. The topological polar surface area (TPSA) is 82.3 Å². The summed E-state index contributed by atoms with van der Waals surface area (Å²) in [6.45, 7) is 6.27. The smallest absolute Gasteiger partial charge is 0.251 e. The molecule has 0 radical (unpaired) electrons. The van der Waals surface area contributed by atoms with Gasteiger partial charge in [0.25, 0.3) is 5.91 Å². The van der Waals surface area contributed by atoms with E-state index >= 15 is 0 Å². The second-order valence-electron chi connectivity index (χ2n) is 6.33. The summed E-state index contributed by atoms with van der Waals surface area (Å²) in [7, 11) is 0. The number of nitrogens with one attached hydrogen (secondary N) is 4. The third kappa shape index (κ3) is 6.29. The molecule has 2 aromatic rings. The highest BCUT2D eigenvalue weighted by Gasteiger charge is 2.09. The molecule has 6 nitrogen and oxygen atoms in total. The predicted molar refractivity (Wildman–Crippen MR) is 107 cm³/mol. The summed E-state index contributed by atoms with van der Waals surface area (Å²) in [6, 6.07) is 11.2. The molecule has 4 N–H and O–H groups in total. The molecular formula is C20H25FN4O2. The van der Waals surface area contributed by atoms with Gasteiger partial charge in [-0.05, 0) is 57.2 Å². The molecule has 2 amide bonds. The highest BCUT2D eigenvalue weighted by atomic mass is 19.1. The number of carbonyl (C=O) groups excluding carboxylic acids is 2. The van der Waals surface area contributed by atoms with Crippen LogP contribution < -0.4 is 21.3 Å². The van der Waals surface area contributed by atoms with Crippen molar-refractivity contribution >= 4 is 28.9 Å². The molecule has 144 valence electrons. The van der Waals surface area contributed by atoms with Gasteiger partial charge in [0.15, 0.2) is 0 Å². The summed E-state index contributed by atoms with van der Waals surface area (Å²) in [5, 5.41) is 11.6. The SMILES string of the molecule is CCNC(=O)c1cccc(NC(=O)CNc2cc(F)ccc2NC(C)C)c1. The first-order valence-electron chi connectivity index (χ1n) is 8.87. The summed E-state index contributed by atoms with van der Waals surface area (Å²) < 4.78 is 13.5. The van der Waals surface area contributed by atoms with Crippen LogP contribution in [0.15, 0.2) is 42.5 Å². The third-order valence-electron chi connectivity index (χ3n) is 3.61. The largest absolute Gasteiger partial charge is 0.381 e. The summed E-state index contributed by atoms with van der Waals surface area (Å²) in [4.78, 5) is 24.1. The van der Waals surface area contributed by atoms with E-state index in [1.165, 1.54) is 12.1 Å². The molecule has 7 heteroatoms. The Balaban J connectivity index is 2.00. The normalized spacial score (nSPS) is 10.4. The van der Waals surface area contributed by atoms with Gasteiger partial charge in [0.2, 0.25) is 5.91 Å². The Morgan fingerprint density at radius 1 is 1.07 bits per heavy atom. The lowest BCUT2D eigenvalue weighted by Gasteiger charge is -2.16. The average Bonchev–Trinajstić information content (AvgIpc) is 2.62. The van der Waals surface area contributed by atoms with Crippen LogP contribution in [-0.2, 0) is 4.79 Å². The monoisotopic (exact) mass is 372 g/mol. The Labute approximate surface area is 158 Å². The average molecular weight is 372 g/mol. The number of hydrogen-bond acceptors (Lipinski definition) is 4. The Morgan fingerprint density at radius 2 is 1.85 bits per heavy atom. The maximum Gasteiger partial charge on any atom is 0.251 e. The zero-order valence-electron chi connectivity index (χ0n) is 15.7. The van der Waals surface area contributed by atoms with Crippen LogP contribution in [-0.4, -0.2) is 30.9 Å². The fraction of sp³-hybridized carbons (Fsp3) is 0.300. The first kappa shape index (κ1) is 20.2. The quantitative estimate of drug-likeness (QED) is 0.572. The van der Waals surface area contributed by atoms with Crippen LogP contribution in [0.3, 0.4) is 0 Å². The van der Waals surface area contributed by atoms with Crippen molar-refractivity contribution in [3.8, 4) is 0 Å². The lowest BCUT2D eigenvalue weighted by Crippen LogP contribution is -2.24. The van der Waals surface area contributed by atoms with Gasteiger partial charge in [-0.1, -0.05) is 6.07 Å². The molecule has 0 atom stereocenters. The minimum absolute atomic E-state index is 0.0401. The minimum Gasteiger partial charge on any atom is -0.381 e. The van der Waals surface area contributed by atoms with Crippen molar-refractivity contribution in [2.24, 2.45) is 0 Å². The van der Waals surface area contributed by atoms with Crippen LogP contribution in [0.2, 0.25) is 0 Å². The number of anilines is 3. The minimum atomic E-state index is -0.387. The van der Waals surface area contributed by atoms with Gasteiger partial charge in [-0.3, -0.25) is 9.59 Å².